The van der Waals surface area contributed by atoms with Gasteiger partial charge in [0.1, 0.15) is 17.9 Å². The molecule has 0 aliphatic rings. The predicted octanol–water partition coefficient (Wildman–Crippen LogP) is 2.55. The number of rotatable bonds is 11. The number of hydrogen-bond acceptors (Lipinski definition) is 5. The van der Waals surface area contributed by atoms with Crippen molar-refractivity contribution in [3.05, 3.63) is 41.5 Å². The Labute approximate surface area is 190 Å². The predicted molar refractivity (Wildman–Crippen MR) is 126 cm³/mol. The molecule has 0 spiro atoms. The van der Waals surface area contributed by atoms with Crippen molar-refractivity contribution in [1.29, 1.82) is 0 Å². The van der Waals surface area contributed by atoms with Crippen LogP contribution in [0, 0.1) is 6.92 Å². The average molecular weight is 516 g/mol. The standard InChI is InChI=1S/C20H32N6O2.HI/c1-5-19-25-24-15-26(19)10-9-22-20(21-3)23-14-17-8-7-16(2)13-18(17)28-12-6-11-27-4;/h7-8,13,15H,5-6,9-12,14H2,1-4H3,(H2,21,22,23);1H. The Morgan fingerprint density at radius 2 is 2.07 bits per heavy atom. The van der Waals surface area contributed by atoms with Crippen molar-refractivity contribution >= 4 is 29.9 Å². The van der Waals surface area contributed by atoms with Crippen LogP contribution in [0.25, 0.3) is 0 Å². The van der Waals surface area contributed by atoms with E-state index >= 15 is 0 Å². The summed E-state index contributed by atoms with van der Waals surface area (Å²) >= 11 is 0. The van der Waals surface area contributed by atoms with Crippen molar-refractivity contribution in [1.82, 2.24) is 25.4 Å². The van der Waals surface area contributed by atoms with Gasteiger partial charge in [0, 0.05) is 58.8 Å². The topological polar surface area (TPSA) is 85.6 Å². The molecule has 0 saturated carbocycles. The first-order chi connectivity index (χ1) is 13.7. The molecule has 1 heterocycles. The third-order valence-electron chi connectivity index (χ3n) is 4.30. The fraction of sp³-hybridized carbons (Fsp3) is 0.550. The van der Waals surface area contributed by atoms with Crippen molar-refractivity contribution in [3.8, 4) is 5.75 Å². The van der Waals surface area contributed by atoms with Gasteiger partial charge in [-0.3, -0.25) is 4.99 Å². The lowest BCUT2D eigenvalue weighted by molar-refractivity contribution is 0.171. The molecule has 0 radical (unpaired) electrons. The fourth-order valence-electron chi connectivity index (χ4n) is 2.76. The number of aryl methyl sites for hydroxylation is 2. The van der Waals surface area contributed by atoms with E-state index in [-0.39, 0.29) is 24.0 Å². The molecule has 29 heavy (non-hydrogen) atoms. The van der Waals surface area contributed by atoms with Crippen LogP contribution in [0.1, 0.15) is 30.3 Å². The first kappa shape index (κ1) is 25.2. The van der Waals surface area contributed by atoms with Crippen molar-refractivity contribution < 1.29 is 9.47 Å². The van der Waals surface area contributed by atoms with Crippen molar-refractivity contribution in [2.75, 3.05) is 33.9 Å². The van der Waals surface area contributed by atoms with Gasteiger partial charge in [0.15, 0.2) is 5.96 Å². The molecule has 0 bridgehead atoms. The Hall–Kier alpha value is -1.88. The van der Waals surface area contributed by atoms with Crippen LogP contribution in [0.15, 0.2) is 29.5 Å². The van der Waals surface area contributed by atoms with Crippen molar-refractivity contribution in [2.24, 2.45) is 4.99 Å². The highest BCUT2D eigenvalue weighted by atomic mass is 127. The number of hydrogen-bond donors (Lipinski definition) is 2. The Morgan fingerprint density at radius 3 is 2.79 bits per heavy atom. The van der Waals surface area contributed by atoms with Crippen LogP contribution in [0.2, 0.25) is 0 Å². The second-order valence-corrected chi connectivity index (χ2v) is 6.45. The molecule has 0 fully saturated rings. The first-order valence-corrected chi connectivity index (χ1v) is 9.70. The lowest BCUT2D eigenvalue weighted by atomic mass is 10.1. The summed E-state index contributed by atoms with van der Waals surface area (Å²) in [5.41, 5.74) is 2.27. The Balaban J connectivity index is 0.00000420. The van der Waals surface area contributed by atoms with E-state index in [0.717, 1.165) is 49.0 Å². The number of nitrogens with zero attached hydrogens (tertiary/aromatic N) is 4. The molecule has 1 aromatic carbocycles. The van der Waals surface area contributed by atoms with Crippen LogP contribution in [-0.4, -0.2) is 54.6 Å². The van der Waals surface area contributed by atoms with E-state index in [9.17, 15) is 0 Å². The van der Waals surface area contributed by atoms with E-state index in [0.29, 0.717) is 19.8 Å². The van der Waals surface area contributed by atoms with E-state index in [2.05, 4.69) is 57.9 Å². The molecule has 0 aliphatic carbocycles. The lowest BCUT2D eigenvalue weighted by Gasteiger charge is -2.16. The van der Waals surface area contributed by atoms with Crippen LogP contribution in [-0.2, 0) is 24.2 Å². The van der Waals surface area contributed by atoms with Crippen LogP contribution in [0.4, 0.5) is 0 Å². The molecule has 162 valence electrons. The molecule has 0 unspecified atom stereocenters. The normalized spacial score (nSPS) is 11.1. The summed E-state index contributed by atoms with van der Waals surface area (Å²) in [5.74, 6) is 2.63. The zero-order chi connectivity index (χ0) is 20.2. The molecule has 1 aromatic heterocycles. The van der Waals surface area contributed by atoms with Crippen LogP contribution in [0.5, 0.6) is 5.75 Å². The summed E-state index contributed by atoms with van der Waals surface area (Å²) in [6.45, 7) is 7.62. The molecule has 0 aliphatic heterocycles. The molecular weight excluding hydrogens is 483 g/mol. The maximum absolute atomic E-state index is 5.94. The lowest BCUT2D eigenvalue weighted by Crippen LogP contribution is -2.38. The summed E-state index contributed by atoms with van der Waals surface area (Å²) in [7, 11) is 3.47. The number of ether oxygens (including phenoxy) is 2. The van der Waals surface area contributed by atoms with Gasteiger partial charge in [-0.15, -0.1) is 34.2 Å². The summed E-state index contributed by atoms with van der Waals surface area (Å²) < 4.78 is 13.1. The van der Waals surface area contributed by atoms with E-state index in [1.807, 2.05) is 4.57 Å². The van der Waals surface area contributed by atoms with E-state index < -0.39 is 0 Å². The zero-order valence-corrected chi connectivity index (χ0v) is 20.1. The largest absolute Gasteiger partial charge is 0.493 e. The molecule has 8 nitrogen and oxygen atoms in total. The third kappa shape index (κ3) is 8.57. The summed E-state index contributed by atoms with van der Waals surface area (Å²) in [5, 5.41) is 14.7. The van der Waals surface area contributed by atoms with E-state index in [1.54, 1.807) is 20.5 Å². The smallest absolute Gasteiger partial charge is 0.191 e. The second-order valence-electron chi connectivity index (χ2n) is 6.45. The SMILES string of the molecule is CCc1nncn1CCNC(=NC)NCc1ccc(C)cc1OCCCOC.I. The highest BCUT2D eigenvalue weighted by molar-refractivity contribution is 14.0. The maximum Gasteiger partial charge on any atom is 0.191 e. The second kappa shape index (κ2) is 14.2. The van der Waals surface area contributed by atoms with Gasteiger partial charge in [-0.05, 0) is 18.6 Å². The minimum atomic E-state index is 0. The number of benzene rings is 1. The summed E-state index contributed by atoms with van der Waals surface area (Å²) in [4.78, 5) is 4.29. The Bertz CT molecular complexity index is 750. The molecular formula is C20H33IN6O2. The first-order valence-electron chi connectivity index (χ1n) is 9.70. The number of halogens is 1. The zero-order valence-electron chi connectivity index (χ0n) is 17.8. The van der Waals surface area contributed by atoms with Gasteiger partial charge in [0.25, 0.3) is 0 Å². The van der Waals surface area contributed by atoms with Gasteiger partial charge >= 0.3 is 0 Å². The van der Waals surface area contributed by atoms with Crippen molar-refractivity contribution in [2.45, 2.75) is 39.8 Å². The highest BCUT2D eigenvalue weighted by Gasteiger charge is 2.07. The molecule has 0 saturated heterocycles. The fourth-order valence-corrected chi connectivity index (χ4v) is 2.76. The van der Waals surface area contributed by atoms with Crippen LogP contribution >= 0.6 is 24.0 Å². The molecule has 9 heteroatoms. The molecule has 0 amide bonds. The minimum Gasteiger partial charge on any atom is -0.493 e. The van der Waals surface area contributed by atoms with Gasteiger partial charge in [-0.2, -0.15) is 0 Å². The summed E-state index contributed by atoms with van der Waals surface area (Å²) in [6.07, 6.45) is 3.49. The quantitative estimate of drug-likeness (QED) is 0.207. The number of aromatic nitrogens is 3. The van der Waals surface area contributed by atoms with Crippen LogP contribution < -0.4 is 15.4 Å². The Kier molecular flexibility index (Phi) is 12.3. The van der Waals surface area contributed by atoms with Gasteiger partial charge in [0.2, 0.25) is 0 Å². The van der Waals surface area contributed by atoms with Crippen LogP contribution in [0.3, 0.4) is 0 Å². The number of aliphatic imine (C=N–C) groups is 1. The monoisotopic (exact) mass is 516 g/mol. The Morgan fingerprint density at radius 1 is 1.24 bits per heavy atom. The molecule has 0 atom stereocenters. The average Bonchev–Trinajstić information content (AvgIpc) is 3.16. The molecule has 2 rings (SSSR count). The maximum atomic E-state index is 5.94. The van der Waals surface area contributed by atoms with Gasteiger partial charge in [-0.1, -0.05) is 19.1 Å². The molecule has 2 aromatic rings. The van der Waals surface area contributed by atoms with Gasteiger partial charge < -0.3 is 24.7 Å². The number of guanidine groups is 1. The molecule has 2 N–H and O–H groups in total. The van der Waals surface area contributed by atoms with E-state index in [1.165, 1.54) is 5.56 Å². The number of nitrogens with one attached hydrogen (secondary N) is 2. The van der Waals surface area contributed by atoms with Crippen molar-refractivity contribution in [3.63, 3.8) is 0 Å². The third-order valence-corrected chi connectivity index (χ3v) is 4.30. The van der Waals surface area contributed by atoms with E-state index in [4.69, 9.17) is 9.47 Å². The van der Waals surface area contributed by atoms with Gasteiger partial charge in [-0.25, -0.2) is 0 Å². The highest BCUT2D eigenvalue weighted by Crippen LogP contribution is 2.20. The summed E-state index contributed by atoms with van der Waals surface area (Å²) in [6, 6.07) is 6.25. The minimum absolute atomic E-state index is 0. The van der Waals surface area contributed by atoms with Gasteiger partial charge in [0.05, 0.1) is 6.61 Å². The number of methoxy groups -OCH3 is 1.